The van der Waals surface area contributed by atoms with E-state index in [1.807, 2.05) is 0 Å². The van der Waals surface area contributed by atoms with E-state index in [0.29, 0.717) is 5.70 Å². The highest BCUT2D eigenvalue weighted by Crippen LogP contribution is 2.33. The summed E-state index contributed by atoms with van der Waals surface area (Å²) in [4.78, 5) is 14.0. The third kappa shape index (κ3) is 3.54. The zero-order valence-corrected chi connectivity index (χ0v) is 14.4. The van der Waals surface area contributed by atoms with Crippen molar-refractivity contribution in [2.24, 2.45) is 0 Å². The Bertz CT molecular complexity index is 674. The fourth-order valence-electron chi connectivity index (χ4n) is 2.40. The largest absolute Gasteiger partial charge is 0.460 e. The molecule has 0 saturated heterocycles. The van der Waals surface area contributed by atoms with Crippen LogP contribution in [0.15, 0.2) is 29.5 Å². The van der Waals surface area contributed by atoms with Gasteiger partial charge in [-0.05, 0) is 31.3 Å². The topological polar surface area (TPSA) is 50.8 Å². The minimum absolute atomic E-state index is 0.0345. The van der Waals surface area contributed by atoms with Crippen LogP contribution >= 0.6 is 12.2 Å². The molecular formula is C16H18F2N2O3S. The van der Waals surface area contributed by atoms with E-state index in [4.69, 9.17) is 21.7 Å². The van der Waals surface area contributed by atoms with Crippen LogP contribution in [0.5, 0.6) is 0 Å². The van der Waals surface area contributed by atoms with Crippen molar-refractivity contribution < 1.29 is 23.0 Å². The van der Waals surface area contributed by atoms with Crippen molar-refractivity contribution in [2.45, 2.75) is 13.0 Å². The Balaban J connectivity index is 2.47. The number of nitrogens with zero attached hydrogens (tertiary/aromatic N) is 1. The van der Waals surface area contributed by atoms with Gasteiger partial charge in [0, 0.05) is 19.9 Å². The number of thiocarbonyl (C=S) groups is 1. The summed E-state index contributed by atoms with van der Waals surface area (Å²) in [6.07, 6.45) is 0. The van der Waals surface area contributed by atoms with Crippen LogP contribution in [0.1, 0.15) is 18.5 Å². The molecule has 2 rings (SSSR count). The zero-order chi connectivity index (χ0) is 17.9. The fourth-order valence-corrected chi connectivity index (χ4v) is 2.65. The second-order valence-electron chi connectivity index (χ2n) is 5.20. The molecule has 8 heteroatoms. The maximum Gasteiger partial charge on any atom is 0.338 e. The van der Waals surface area contributed by atoms with Crippen molar-refractivity contribution >= 4 is 23.3 Å². The Morgan fingerprint density at radius 3 is 2.54 bits per heavy atom. The van der Waals surface area contributed by atoms with Crippen LogP contribution in [0.2, 0.25) is 0 Å². The number of esters is 1. The summed E-state index contributed by atoms with van der Waals surface area (Å²) in [7, 11) is 3.13. The monoisotopic (exact) mass is 356 g/mol. The number of carbonyl (C=O) groups excluding carboxylic acids is 1. The van der Waals surface area contributed by atoms with E-state index in [-0.39, 0.29) is 29.5 Å². The average molecular weight is 356 g/mol. The first-order valence-electron chi connectivity index (χ1n) is 7.23. The van der Waals surface area contributed by atoms with Gasteiger partial charge in [-0.15, -0.1) is 0 Å². The van der Waals surface area contributed by atoms with Gasteiger partial charge >= 0.3 is 5.97 Å². The molecule has 0 aliphatic carbocycles. The number of benzene rings is 1. The number of allylic oxidation sites excluding steroid dienone is 1. The van der Waals surface area contributed by atoms with E-state index >= 15 is 0 Å². The van der Waals surface area contributed by atoms with Crippen LogP contribution in [0.3, 0.4) is 0 Å². The third-order valence-corrected chi connectivity index (χ3v) is 4.17. The van der Waals surface area contributed by atoms with Crippen LogP contribution in [-0.2, 0) is 14.3 Å². The van der Waals surface area contributed by atoms with Crippen molar-refractivity contribution in [2.75, 3.05) is 27.4 Å². The van der Waals surface area contributed by atoms with Crippen molar-refractivity contribution in [3.63, 3.8) is 0 Å². The summed E-state index contributed by atoms with van der Waals surface area (Å²) in [6.45, 7) is 1.90. The van der Waals surface area contributed by atoms with Gasteiger partial charge in [0.2, 0.25) is 0 Å². The summed E-state index contributed by atoms with van der Waals surface area (Å²) in [6, 6.07) is 2.45. The number of halogens is 2. The van der Waals surface area contributed by atoms with Gasteiger partial charge in [-0.2, -0.15) is 0 Å². The lowest BCUT2D eigenvalue weighted by Gasteiger charge is -2.35. The molecule has 0 fully saturated rings. The summed E-state index contributed by atoms with van der Waals surface area (Å²) >= 11 is 5.18. The number of nitrogens with one attached hydrogen (secondary N) is 1. The number of ether oxygens (including phenoxy) is 2. The van der Waals surface area contributed by atoms with Gasteiger partial charge in [-0.25, -0.2) is 13.6 Å². The normalized spacial score (nSPS) is 17.8. The van der Waals surface area contributed by atoms with Crippen LogP contribution in [-0.4, -0.2) is 43.4 Å². The molecule has 130 valence electrons. The molecule has 24 heavy (non-hydrogen) atoms. The highest BCUT2D eigenvalue weighted by Gasteiger charge is 2.36. The molecule has 1 heterocycles. The van der Waals surface area contributed by atoms with Gasteiger partial charge in [0.1, 0.15) is 18.2 Å². The Hall–Kier alpha value is -2.06. The van der Waals surface area contributed by atoms with Gasteiger partial charge in [-0.3, -0.25) is 0 Å². The van der Waals surface area contributed by atoms with E-state index in [1.165, 1.54) is 13.2 Å². The molecule has 5 nitrogen and oxygen atoms in total. The first-order valence-corrected chi connectivity index (χ1v) is 7.64. The van der Waals surface area contributed by atoms with Crippen molar-refractivity contribution in [1.29, 1.82) is 0 Å². The van der Waals surface area contributed by atoms with Gasteiger partial charge in [0.05, 0.1) is 23.8 Å². The Kier molecular flexibility index (Phi) is 5.84. The number of rotatable bonds is 5. The number of carbonyl (C=O) groups is 1. The van der Waals surface area contributed by atoms with Crippen molar-refractivity contribution in [3.8, 4) is 0 Å². The van der Waals surface area contributed by atoms with Crippen LogP contribution in [0, 0.1) is 11.6 Å². The minimum Gasteiger partial charge on any atom is -0.460 e. The predicted octanol–water partition coefficient (Wildman–Crippen LogP) is 2.29. The summed E-state index contributed by atoms with van der Waals surface area (Å²) < 4.78 is 38.4. The number of methoxy groups -OCH3 is 1. The average Bonchev–Trinajstić information content (AvgIpc) is 2.52. The molecule has 1 N–H and O–H groups in total. The van der Waals surface area contributed by atoms with E-state index in [1.54, 1.807) is 18.9 Å². The summed E-state index contributed by atoms with van der Waals surface area (Å²) in [5, 5.41) is 3.06. The molecule has 0 aromatic heterocycles. The molecule has 0 saturated carbocycles. The van der Waals surface area contributed by atoms with Crippen molar-refractivity contribution in [3.05, 3.63) is 46.7 Å². The molecule has 1 aliphatic rings. The van der Waals surface area contributed by atoms with Gasteiger partial charge < -0.3 is 19.7 Å². The molecule has 0 radical (unpaired) electrons. The molecular weight excluding hydrogens is 338 g/mol. The molecule has 0 spiro atoms. The lowest BCUT2D eigenvalue weighted by Crippen LogP contribution is -2.46. The molecule has 1 aromatic carbocycles. The lowest BCUT2D eigenvalue weighted by molar-refractivity contribution is -0.140. The molecule has 0 unspecified atom stereocenters. The third-order valence-electron chi connectivity index (χ3n) is 3.78. The SMILES string of the molecule is COCCOC(=O)C1=C(C)N(C)C(=S)N[C@H]1c1c(F)cccc1F. The van der Waals surface area contributed by atoms with Gasteiger partial charge in [0.15, 0.2) is 5.11 Å². The highest BCUT2D eigenvalue weighted by atomic mass is 32.1. The van der Waals surface area contributed by atoms with Gasteiger partial charge in [-0.1, -0.05) is 6.07 Å². The minimum atomic E-state index is -1.06. The molecule has 1 atom stereocenters. The Labute approximate surface area is 144 Å². The smallest absolute Gasteiger partial charge is 0.338 e. The Morgan fingerprint density at radius 1 is 1.33 bits per heavy atom. The molecule has 0 amide bonds. The predicted molar refractivity (Wildman–Crippen MR) is 88.1 cm³/mol. The maximum atomic E-state index is 14.2. The molecule has 1 aliphatic heterocycles. The first kappa shape index (κ1) is 18.3. The lowest BCUT2D eigenvalue weighted by atomic mass is 9.94. The standard InChI is InChI=1S/C16H18F2N2O3S/c1-9-12(15(21)23-8-7-22-3)14(19-16(24)20(9)2)13-10(17)5-4-6-11(13)18/h4-6,14H,7-8H2,1-3H3,(H,19,24)/t14-/m1/s1. The van der Waals surface area contributed by atoms with Gasteiger partial charge in [0.25, 0.3) is 0 Å². The second kappa shape index (κ2) is 7.67. The van der Waals surface area contributed by atoms with E-state index in [2.05, 4.69) is 5.32 Å². The van der Waals surface area contributed by atoms with Crippen LogP contribution < -0.4 is 5.32 Å². The highest BCUT2D eigenvalue weighted by molar-refractivity contribution is 7.80. The molecule has 0 bridgehead atoms. The van der Waals surface area contributed by atoms with E-state index in [9.17, 15) is 13.6 Å². The number of hydrogen-bond acceptors (Lipinski definition) is 4. The Morgan fingerprint density at radius 2 is 1.96 bits per heavy atom. The van der Waals surface area contributed by atoms with E-state index < -0.39 is 23.6 Å². The zero-order valence-electron chi connectivity index (χ0n) is 13.6. The number of hydrogen-bond donors (Lipinski definition) is 1. The van der Waals surface area contributed by atoms with Crippen LogP contribution in [0.4, 0.5) is 8.78 Å². The maximum absolute atomic E-state index is 14.2. The quantitative estimate of drug-likeness (QED) is 0.496. The summed E-state index contributed by atoms with van der Waals surface area (Å²) in [5.41, 5.74) is 0.297. The second-order valence-corrected chi connectivity index (χ2v) is 5.59. The fraction of sp³-hybridized carbons (Fsp3) is 0.375. The first-order chi connectivity index (χ1) is 11.4. The van der Waals surface area contributed by atoms with E-state index in [0.717, 1.165) is 12.1 Å². The summed E-state index contributed by atoms with van der Waals surface area (Å²) in [5.74, 6) is -2.22. The molecule has 1 aromatic rings. The van der Waals surface area contributed by atoms with Crippen molar-refractivity contribution in [1.82, 2.24) is 10.2 Å². The van der Waals surface area contributed by atoms with Crippen LogP contribution in [0.25, 0.3) is 0 Å².